The lowest BCUT2D eigenvalue weighted by Gasteiger charge is -2.09. The summed E-state index contributed by atoms with van der Waals surface area (Å²) in [5.41, 5.74) is 6.09. The first-order valence-electron chi connectivity index (χ1n) is 5.41. The first kappa shape index (κ1) is 13.1. The molecule has 96 valence electrons. The molecule has 5 heteroatoms. The number of rotatable bonds is 3. The van der Waals surface area contributed by atoms with E-state index in [1.807, 2.05) is 0 Å². The van der Waals surface area contributed by atoms with Crippen molar-refractivity contribution < 1.29 is 14.7 Å². The Kier molecular flexibility index (Phi) is 3.53. The van der Waals surface area contributed by atoms with Crippen molar-refractivity contribution >= 4 is 29.0 Å². The summed E-state index contributed by atoms with van der Waals surface area (Å²) in [5.74, 6) is -1.84. The molecule has 0 unspecified atom stereocenters. The van der Waals surface area contributed by atoms with E-state index in [-0.39, 0.29) is 21.7 Å². The maximum absolute atomic E-state index is 12.2. The number of nitrogens with two attached hydrogens (primary N) is 1. The third-order valence-corrected chi connectivity index (χ3v) is 2.98. The van der Waals surface area contributed by atoms with E-state index in [1.54, 1.807) is 6.07 Å². The van der Waals surface area contributed by atoms with Crippen LogP contribution in [0.5, 0.6) is 0 Å². The molecule has 0 spiro atoms. The summed E-state index contributed by atoms with van der Waals surface area (Å²) in [4.78, 5) is 23.2. The van der Waals surface area contributed by atoms with Crippen molar-refractivity contribution in [3.63, 3.8) is 0 Å². The highest BCUT2D eigenvalue weighted by Crippen LogP contribution is 2.22. The summed E-state index contributed by atoms with van der Waals surface area (Å²) in [7, 11) is 0. The molecular formula is C14H9ClNO3-. The van der Waals surface area contributed by atoms with E-state index >= 15 is 0 Å². The quantitative estimate of drug-likeness (QED) is 0.679. The number of carboxylic acid groups (broad SMARTS) is 1. The van der Waals surface area contributed by atoms with Gasteiger partial charge >= 0.3 is 0 Å². The largest absolute Gasteiger partial charge is 0.545 e. The number of carbonyl (C=O) groups is 2. The lowest BCUT2D eigenvalue weighted by molar-refractivity contribution is -0.255. The number of carbonyl (C=O) groups excluding carboxylic acids is 2. The van der Waals surface area contributed by atoms with Gasteiger partial charge < -0.3 is 15.6 Å². The minimum Gasteiger partial charge on any atom is -0.545 e. The van der Waals surface area contributed by atoms with Crippen molar-refractivity contribution in [3.8, 4) is 0 Å². The highest BCUT2D eigenvalue weighted by Gasteiger charge is 2.14. The van der Waals surface area contributed by atoms with Gasteiger partial charge in [-0.15, -0.1) is 0 Å². The predicted octanol–water partition coefficient (Wildman–Crippen LogP) is 1.52. The number of carboxylic acids is 1. The van der Waals surface area contributed by atoms with Gasteiger partial charge in [-0.3, -0.25) is 4.79 Å². The first-order valence-corrected chi connectivity index (χ1v) is 5.78. The Balaban J connectivity index is 2.50. The summed E-state index contributed by atoms with van der Waals surface area (Å²) in [6, 6.07) is 10.3. The van der Waals surface area contributed by atoms with Crippen LogP contribution in [0.15, 0.2) is 42.5 Å². The molecule has 4 nitrogen and oxygen atoms in total. The normalized spacial score (nSPS) is 10.2. The van der Waals surface area contributed by atoms with Gasteiger partial charge in [0.15, 0.2) is 5.78 Å². The highest BCUT2D eigenvalue weighted by atomic mass is 35.5. The molecule has 0 fully saturated rings. The molecule has 0 radical (unpaired) electrons. The number of anilines is 1. The van der Waals surface area contributed by atoms with Crippen LogP contribution in [0.25, 0.3) is 0 Å². The Hall–Kier alpha value is -2.33. The first-order chi connectivity index (χ1) is 9.00. The van der Waals surface area contributed by atoms with Crippen LogP contribution in [0.1, 0.15) is 26.3 Å². The Morgan fingerprint density at radius 2 is 1.68 bits per heavy atom. The van der Waals surface area contributed by atoms with Crippen molar-refractivity contribution in [2.75, 3.05) is 5.73 Å². The maximum atomic E-state index is 12.2. The Morgan fingerprint density at radius 3 is 2.26 bits per heavy atom. The van der Waals surface area contributed by atoms with Gasteiger partial charge in [0, 0.05) is 16.7 Å². The fourth-order valence-electron chi connectivity index (χ4n) is 1.68. The second-order valence-electron chi connectivity index (χ2n) is 3.90. The predicted molar refractivity (Wildman–Crippen MR) is 70.1 cm³/mol. The van der Waals surface area contributed by atoms with E-state index < -0.39 is 11.8 Å². The molecule has 0 amide bonds. The number of hydrogen-bond donors (Lipinski definition) is 1. The van der Waals surface area contributed by atoms with E-state index in [1.165, 1.54) is 36.4 Å². The summed E-state index contributed by atoms with van der Waals surface area (Å²) < 4.78 is 0. The zero-order chi connectivity index (χ0) is 14.0. The van der Waals surface area contributed by atoms with Gasteiger partial charge in [-0.1, -0.05) is 35.9 Å². The molecule has 0 atom stereocenters. The SMILES string of the molecule is Nc1ccc(C(=O)c2ccccc2C(=O)[O-])cc1Cl. The molecule has 0 aliphatic rings. The number of halogens is 1. The fraction of sp³-hybridized carbons (Fsp3) is 0. The van der Waals surface area contributed by atoms with Gasteiger partial charge in [-0.2, -0.15) is 0 Å². The monoisotopic (exact) mass is 274 g/mol. The lowest BCUT2D eigenvalue weighted by atomic mass is 9.98. The van der Waals surface area contributed by atoms with E-state index in [0.717, 1.165) is 0 Å². The number of hydrogen-bond acceptors (Lipinski definition) is 4. The van der Waals surface area contributed by atoms with E-state index in [0.29, 0.717) is 5.69 Å². The van der Waals surface area contributed by atoms with E-state index in [4.69, 9.17) is 17.3 Å². The number of benzene rings is 2. The summed E-state index contributed by atoms with van der Waals surface area (Å²) in [6.07, 6.45) is 0. The molecule has 19 heavy (non-hydrogen) atoms. The molecule has 2 aromatic carbocycles. The second-order valence-corrected chi connectivity index (χ2v) is 4.31. The minimum atomic E-state index is -1.40. The molecule has 2 rings (SSSR count). The summed E-state index contributed by atoms with van der Waals surface area (Å²) >= 11 is 5.84. The zero-order valence-corrected chi connectivity index (χ0v) is 10.5. The Morgan fingerprint density at radius 1 is 1.05 bits per heavy atom. The van der Waals surface area contributed by atoms with Crippen LogP contribution in [0.3, 0.4) is 0 Å². The number of nitrogen functional groups attached to an aromatic ring is 1. The van der Waals surface area contributed by atoms with Crippen molar-refractivity contribution in [2.24, 2.45) is 0 Å². The Bertz CT molecular complexity index is 667. The second kappa shape index (κ2) is 5.12. The zero-order valence-electron chi connectivity index (χ0n) is 9.72. The van der Waals surface area contributed by atoms with Crippen LogP contribution in [-0.4, -0.2) is 11.8 Å². The van der Waals surface area contributed by atoms with Gasteiger partial charge in [0.1, 0.15) is 0 Å². The molecule has 0 aromatic heterocycles. The number of aromatic carboxylic acids is 1. The van der Waals surface area contributed by atoms with E-state index in [9.17, 15) is 14.7 Å². The van der Waals surface area contributed by atoms with E-state index in [2.05, 4.69) is 0 Å². The summed E-state index contributed by atoms with van der Waals surface area (Å²) in [5, 5.41) is 11.2. The minimum absolute atomic E-state index is 0.0586. The lowest BCUT2D eigenvalue weighted by Crippen LogP contribution is -2.25. The van der Waals surface area contributed by atoms with Crippen LogP contribution in [0.2, 0.25) is 5.02 Å². The molecule has 0 heterocycles. The fourth-order valence-corrected chi connectivity index (χ4v) is 1.86. The van der Waals surface area contributed by atoms with Crippen LogP contribution in [0.4, 0.5) is 5.69 Å². The summed E-state index contributed by atoms with van der Waals surface area (Å²) in [6.45, 7) is 0. The molecule has 2 aromatic rings. The van der Waals surface area contributed by atoms with Crippen molar-refractivity contribution in [1.29, 1.82) is 0 Å². The number of ketones is 1. The van der Waals surface area contributed by atoms with Gasteiger partial charge in [-0.05, 0) is 18.2 Å². The maximum Gasteiger partial charge on any atom is 0.193 e. The smallest absolute Gasteiger partial charge is 0.193 e. The third-order valence-electron chi connectivity index (χ3n) is 2.65. The van der Waals surface area contributed by atoms with Crippen molar-refractivity contribution in [1.82, 2.24) is 0 Å². The van der Waals surface area contributed by atoms with Crippen LogP contribution in [0, 0.1) is 0 Å². The molecule has 0 aliphatic heterocycles. The molecule has 0 saturated carbocycles. The van der Waals surface area contributed by atoms with Gasteiger partial charge in [0.25, 0.3) is 0 Å². The molecular weight excluding hydrogens is 266 g/mol. The van der Waals surface area contributed by atoms with Crippen molar-refractivity contribution in [3.05, 3.63) is 64.2 Å². The van der Waals surface area contributed by atoms with Gasteiger partial charge in [-0.25, -0.2) is 0 Å². The van der Waals surface area contributed by atoms with Gasteiger partial charge in [0.2, 0.25) is 0 Å². The van der Waals surface area contributed by atoms with Crippen LogP contribution in [-0.2, 0) is 0 Å². The average Bonchev–Trinajstić information content (AvgIpc) is 2.41. The average molecular weight is 275 g/mol. The van der Waals surface area contributed by atoms with Crippen molar-refractivity contribution in [2.45, 2.75) is 0 Å². The standard InChI is InChI=1S/C14H10ClNO3/c15-11-7-8(5-6-12(11)16)13(17)9-3-1-2-4-10(9)14(18)19/h1-7H,16H2,(H,18,19)/p-1. The third kappa shape index (κ3) is 2.58. The molecule has 0 saturated heterocycles. The molecule has 0 bridgehead atoms. The molecule has 2 N–H and O–H groups in total. The molecule has 0 aliphatic carbocycles. The topological polar surface area (TPSA) is 83.2 Å². The van der Waals surface area contributed by atoms with Crippen LogP contribution >= 0.6 is 11.6 Å². The van der Waals surface area contributed by atoms with Gasteiger partial charge in [0.05, 0.1) is 16.7 Å². The van der Waals surface area contributed by atoms with Crippen LogP contribution < -0.4 is 10.8 Å². The highest BCUT2D eigenvalue weighted by molar-refractivity contribution is 6.33. The Labute approximate surface area is 114 Å².